The summed E-state index contributed by atoms with van der Waals surface area (Å²) in [6.07, 6.45) is 1.32. The van der Waals surface area contributed by atoms with Gasteiger partial charge in [0.05, 0.1) is 0 Å². The Morgan fingerprint density at radius 1 is 1.10 bits per heavy atom. The van der Waals surface area contributed by atoms with Crippen LogP contribution in [0.1, 0.15) is 43.5 Å². The number of rotatable bonds is 7. The Morgan fingerprint density at radius 3 is 2.39 bits per heavy atom. The fraction of sp³-hybridized carbons (Fsp3) is 0.417. The minimum absolute atomic E-state index is 0.00227. The van der Waals surface area contributed by atoms with Crippen molar-refractivity contribution < 1.29 is 23.1 Å². The highest BCUT2D eigenvalue weighted by Crippen LogP contribution is 2.22. The van der Waals surface area contributed by atoms with Gasteiger partial charge >= 0.3 is 0 Å². The van der Waals surface area contributed by atoms with Crippen molar-refractivity contribution in [1.29, 1.82) is 0 Å². The Morgan fingerprint density at radius 2 is 1.77 bits per heavy atom. The molecule has 0 saturated carbocycles. The molecule has 0 N–H and O–H groups in total. The Labute approximate surface area is 181 Å². The van der Waals surface area contributed by atoms with E-state index in [-0.39, 0.29) is 23.6 Å². The molecule has 1 aliphatic heterocycles. The van der Waals surface area contributed by atoms with E-state index in [2.05, 4.69) is 0 Å². The van der Waals surface area contributed by atoms with Crippen molar-refractivity contribution in [2.24, 2.45) is 0 Å². The van der Waals surface area contributed by atoms with E-state index in [0.29, 0.717) is 38.0 Å². The number of halogens is 2. The topological polar surface area (TPSA) is 49.9 Å². The van der Waals surface area contributed by atoms with E-state index < -0.39 is 17.7 Å². The molecule has 5 nitrogen and oxygen atoms in total. The average molecular weight is 430 g/mol. The molecule has 0 spiro atoms. The molecule has 1 atom stereocenters. The van der Waals surface area contributed by atoms with Crippen LogP contribution in [0.25, 0.3) is 0 Å². The van der Waals surface area contributed by atoms with E-state index in [4.69, 9.17) is 4.74 Å². The van der Waals surface area contributed by atoms with Crippen LogP contribution < -0.4 is 4.74 Å². The molecule has 0 radical (unpaired) electrons. The number of nitrogens with zero attached hydrogens (tertiary/aromatic N) is 2. The molecule has 1 saturated heterocycles. The van der Waals surface area contributed by atoms with Crippen LogP contribution in [0, 0.1) is 11.6 Å². The first-order valence-corrected chi connectivity index (χ1v) is 10.7. The molecule has 3 rings (SSSR count). The van der Waals surface area contributed by atoms with Crippen molar-refractivity contribution in [3.63, 3.8) is 0 Å². The molecule has 2 amide bonds. The molecule has 2 aromatic rings. The first-order valence-electron chi connectivity index (χ1n) is 10.7. The fourth-order valence-electron chi connectivity index (χ4n) is 3.90. The second-order valence-corrected chi connectivity index (χ2v) is 7.76. The van der Waals surface area contributed by atoms with Gasteiger partial charge in [0.25, 0.3) is 11.8 Å². The number of ether oxygens (including phenoxy) is 1. The third kappa shape index (κ3) is 5.60. The van der Waals surface area contributed by atoms with E-state index in [1.807, 2.05) is 30.0 Å². The lowest BCUT2D eigenvalue weighted by Gasteiger charge is -2.39. The van der Waals surface area contributed by atoms with Crippen LogP contribution in [0.3, 0.4) is 0 Å². The van der Waals surface area contributed by atoms with E-state index in [1.165, 1.54) is 6.07 Å². The van der Waals surface area contributed by atoms with Gasteiger partial charge in [-0.1, -0.05) is 25.1 Å². The molecular weight excluding hydrogens is 402 g/mol. The quantitative estimate of drug-likeness (QED) is 0.659. The minimum Gasteiger partial charge on any atom is -0.481 e. The van der Waals surface area contributed by atoms with Crippen molar-refractivity contribution in [2.45, 2.75) is 45.3 Å². The SMILES string of the molecule is CCCN(C(=O)C(C)Oc1ccc(F)c(F)c1)C1CCN(C(=O)c2ccccc2)CC1. The zero-order valence-corrected chi connectivity index (χ0v) is 17.9. The van der Waals surface area contributed by atoms with Crippen LogP contribution in [0.15, 0.2) is 48.5 Å². The lowest BCUT2D eigenvalue weighted by Crippen LogP contribution is -2.52. The largest absolute Gasteiger partial charge is 0.481 e. The summed E-state index contributed by atoms with van der Waals surface area (Å²) in [7, 11) is 0. The van der Waals surface area contributed by atoms with Gasteiger partial charge in [0, 0.05) is 37.3 Å². The second-order valence-electron chi connectivity index (χ2n) is 7.76. The minimum atomic E-state index is -1.02. The van der Waals surface area contributed by atoms with E-state index in [9.17, 15) is 18.4 Å². The molecule has 1 fully saturated rings. The van der Waals surface area contributed by atoms with Gasteiger partial charge in [0.2, 0.25) is 0 Å². The third-order valence-corrected chi connectivity index (χ3v) is 5.51. The number of hydrogen-bond donors (Lipinski definition) is 0. The normalized spacial score (nSPS) is 15.4. The number of likely N-dealkylation sites (tertiary alicyclic amines) is 1. The maximum Gasteiger partial charge on any atom is 0.263 e. The highest BCUT2D eigenvalue weighted by molar-refractivity contribution is 5.94. The van der Waals surface area contributed by atoms with Gasteiger partial charge in [-0.15, -0.1) is 0 Å². The summed E-state index contributed by atoms with van der Waals surface area (Å²) in [6, 6.07) is 12.4. The van der Waals surface area contributed by atoms with Crippen LogP contribution in [-0.4, -0.2) is 53.4 Å². The summed E-state index contributed by atoms with van der Waals surface area (Å²) in [5.74, 6) is -2.06. The van der Waals surface area contributed by atoms with Crippen molar-refractivity contribution >= 4 is 11.8 Å². The zero-order chi connectivity index (χ0) is 22.4. The van der Waals surface area contributed by atoms with Gasteiger partial charge in [-0.05, 0) is 50.5 Å². The molecule has 1 aliphatic rings. The van der Waals surface area contributed by atoms with Crippen LogP contribution in [0.4, 0.5) is 8.78 Å². The number of piperidine rings is 1. The molecule has 0 aromatic heterocycles. The van der Waals surface area contributed by atoms with Gasteiger partial charge in [0.1, 0.15) is 5.75 Å². The van der Waals surface area contributed by atoms with Crippen molar-refractivity contribution in [1.82, 2.24) is 9.80 Å². The maximum atomic E-state index is 13.4. The van der Waals surface area contributed by atoms with Gasteiger partial charge in [-0.2, -0.15) is 0 Å². The first-order chi connectivity index (χ1) is 14.9. The Hall–Kier alpha value is -2.96. The second kappa shape index (κ2) is 10.4. The summed E-state index contributed by atoms with van der Waals surface area (Å²) < 4.78 is 32.2. The molecular formula is C24H28F2N2O3. The number of carbonyl (C=O) groups is 2. The van der Waals surface area contributed by atoms with Crippen molar-refractivity contribution in [3.05, 3.63) is 65.7 Å². The third-order valence-electron chi connectivity index (χ3n) is 5.51. The van der Waals surface area contributed by atoms with E-state index in [0.717, 1.165) is 18.6 Å². The van der Waals surface area contributed by atoms with Crippen LogP contribution in [0.2, 0.25) is 0 Å². The molecule has 166 valence electrons. The summed E-state index contributed by atoms with van der Waals surface area (Å²) in [5.41, 5.74) is 0.663. The van der Waals surface area contributed by atoms with E-state index in [1.54, 1.807) is 24.0 Å². The zero-order valence-electron chi connectivity index (χ0n) is 17.9. The lowest BCUT2D eigenvalue weighted by molar-refractivity contribution is -0.141. The number of benzene rings is 2. The molecule has 0 aliphatic carbocycles. The van der Waals surface area contributed by atoms with E-state index >= 15 is 0 Å². The maximum absolute atomic E-state index is 13.4. The summed E-state index contributed by atoms with van der Waals surface area (Å²) in [6.45, 7) is 5.33. The van der Waals surface area contributed by atoms with Gasteiger partial charge < -0.3 is 14.5 Å². The number of amides is 2. The van der Waals surface area contributed by atoms with Gasteiger partial charge in [-0.25, -0.2) is 8.78 Å². The predicted octanol–water partition coefficient (Wildman–Crippen LogP) is 4.28. The summed E-state index contributed by atoms with van der Waals surface area (Å²) in [5, 5.41) is 0. The molecule has 31 heavy (non-hydrogen) atoms. The highest BCUT2D eigenvalue weighted by Gasteiger charge is 2.32. The fourth-order valence-corrected chi connectivity index (χ4v) is 3.90. The highest BCUT2D eigenvalue weighted by atomic mass is 19.2. The monoisotopic (exact) mass is 430 g/mol. The first kappa shape index (κ1) is 22.7. The molecule has 0 bridgehead atoms. The molecule has 2 aromatic carbocycles. The van der Waals surface area contributed by atoms with Crippen LogP contribution >= 0.6 is 0 Å². The lowest BCUT2D eigenvalue weighted by atomic mass is 10.0. The Balaban J connectivity index is 1.61. The Kier molecular flexibility index (Phi) is 7.60. The molecule has 1 heterocycles. The average Bonchev–Trinajstić information content (AvgIpc) is 2.79. The molecule has 1 unspecified atom stereocenters. The van der Waals surface area contributed by atoms with Crippen molar-refractivity contribution in [3.8, 4) is 5.75 Å². The smallest absolute Gasteiger partial charge is 0.263 e. The van der Waals surface area contributed by atoms with Crippen LogP contribution in [0.5, 0.6) is 5.75 Å². The predicted molar refractivity (Wildman–Crippen MR) is 114 cm³/mol. The van der Waals surface area contributed by atoms with Crippen LogP contribution in [-0.2, 0) is 4.79 Å². The summed E-state index contributed by atoms with van der Waals surface area (Å²) >= 11 is 0. The standard InChI is InChI=1S/C24H28F2N2O3/c1-3-13-28(23(29)17(2)31-20-9-10-21(25)22(26)16-20)19-11-14-27(15-12-19)24(30)18-7-5-4-6-8-18/h4-10,16-17,19H,3,11-15H2,1-2H3. The van der Waals surface area contributed by atoms with Crippen molar-refractivity contribution in [2.75, 3.05) is 19.6 Å². The summed E-state index contributed by atoms with van der Waals surface area (Å²) in [4.78, 5) is 29.4. The number of hydrogen-bond acceptors (Lipinski definition) is 3. The number of carbonyl (C=O) groups excluding carboxylic acids is 2. The van der Waals surface area contributed by atoms with Gasteiger partial charge in [0.15, 0.2) is 17.7 Å². The van der Waals surface area contributed by atoms with Gasteiger partial charge in [-0.3, -0.25) is 9.59 Å². The molecule has 7 heteroatoms. The Bertz CT molecular complexity index is 899.